The molecule has 0 bridgehead atoms. The summed E-state index contributed by atoms with van der Waals surface area (Å²) in [6, 6.07) is 0. The van der Waals surface area contributed by atoms with E-state index in [1.807, 2.05) is 6.92 Å². The molecule has 2 rings (SSSR count). The van der Waals surface area contributed by atoms with Crippen LogP contribution in [0, 0.1) is 0 Å². The predicted molar refractivity (Wildman–Crippen MR) is 70.8 cm³/mol. The summed E-state index contributed by atoms with van der Waals surface area (Å²) >= 11 is 0. The molecule has 3 heteroatoms. The van der Waals surface area contributed by atoms with Crippen molar-refractivity contribution < 1.29 is 31.3 Å². The van der Waals surface area contributed by atoms with Crippen molar-refractivity contribution in [2.45, 2.75) is 39.2 Å². The first kappa shape index (κ1) is 17.1. The van der Waals surface area contributed by atoms with Gasteiger partial charge in [-0.05, 0) is 55.9 Å². The standard InChI is InChI=1S/C14H18O.ClH.Zr/c1-10-6-4-8-12(10)14(3,15)13-9-5-7-11(13)2;;/h4-7,15H,8-9H2,1-3H3;1H;. The zero-order valence-corrected chi connectivity index (χ0v) is 13.9. The molecule has 0 saturated heterocycles. The van der Waals surface area contributed by atoms with E-state index in [2.05, 4.69) is 38.2 Å². The predicted octanol–water partition coefficient (Wildman–Crippen LogP) is 3.71. The molecule has 0 spiro atoms. The van der Waals surface area contributed by atoms with E-state index in [9.17, 15) is 5.11 Å². The Morgan fingerprint density at radius 2 is 1.35 bits per heavy atom. The summed E-state index contributed by atoms with van der Waals surface area (Å²) in [6.07, 6.45) is 10.2. The van der Waals surface area contributed by atoms with Crippen LogP contribution in [0.2, 0.25) is 0 Å². The van der Waals surface area contributed by atoms with E-state index in [4.69, 9.17) is 0 Å². The fourth-order valence-corrected chi connectivity index (χ4v) is 2.58. The van der Waals surface area contributed by atoms with E-state index in [1.165, 1.54) is 11.1 Å². The fourth-order valence-electron chi connectivity index (χ4n) is 2.58. The smallest absolute Gasteiger partial charge is 0.106 e. The minimum absolute atomic E-state index is 0. The van der Waals surface area contributed by atoms with Crippen molar-refractivity contribution in [3.63, 3.8) is 0 Å². The molecule has 1 nitrogen and oxygen atoms in total. The van der Waals surface area contributed by atoms with Gasteiger partial charge in [-0.2, -0.15) is 0 Å². The molecule has 1 N–H and O–H groups in total. The van der Waals surface area contributed by atoms with E-state index in [1.54, 1.807) is 0 Å². The number of aliphatic hydroxyl groups is 1. The molecule has 2 aliphatic rings. The van der Waals surface area contributed by atoms with Crippen molar-refractivity contribution in [1.29, 1.82) is 0 Å². The SMILES string of the molecule is CC1=C(C(C)(O)C2=C(C)C=CC2)CC=C1.Cl.[Zr]. The quantitative estimate of drug-likeness (QED) is 0.818. The van der Waals surface area contributed by atoms with Crippen LogP contribution < -0.4 is 0 Å². The zero-order valence-electron chi connectivity index (χ0n) is 10.6. The Balaban J connectivity index is 0.00000128. The number of rotatable bonds is 2. The average Bonchev–Trinajstić information content (AvgIpc) is 2.73. The van der Waals surface area contributed by atoms with Crippen LogP contribution in [0.1, 0.15) is 33.6 Å². The molecule has 92 valence electrons. The van der Waals surface area contributed by atoms with Crippen molar-refractivity contribution >= 4 is 12.4 Å². The normalized spacial score (nSPS) is 18.6. The van der Waals surface area contributed by atoms with Crippen molar-refractivity contribution in [2.24, 2.45) is 0 Å². The molecule has 0 radical (unpaired) electrons. The summed E-state index contributed by atoms with van der Waals surface area (Å²) in [5.74, 6) is 0. The van der Waals surface area contributed by atoms with Crippen LogP contribution in [0.3, 0.4) is 0 Å². The second-order valence-corrected chi connectivity index (χ2v) is 4.61. The summed E-state index contributed by atoms with van der Waals surface area (Å²) in [4.78, 5) is 0. The van der Waals surface area contributed by atoms with Crippen molar-refractivity contribution in [3.05, 3.63) is 46.6 Å². The van der Waals surface area contributed by atoms with E-state index >= 15 is 0 Å². The molecule has 0 aromatic carbocycles. The molecule has 17 heavy (non-hydrogen) atoms. The summed E-state index contributed by atoms with van der Waals surface area (Å²) in [6.45, 7) is 6.07. The molecule has 0 fully saturated rings. The Kier molecular flexibility index (Phi) is 6.35. The van der Waals surface area contributed by atoms with Gasteiger partial charge in [-0.1, -0.05) is 24.3 Å². The number of halogens is 1. The molecular formula is C14H19ClOZr. The maximum atomic E-state index is 10.7. The summed E-state index contributed by atoms with van der Waals surface area (Å²) in [5, 5.41) is 10.7. The van der Waals surface area contributed by atoms with Crippen LogP contribution in [0.25, 0.3) is 0 Å². The van der Waals surface area contributed by atoms with Crippen molar-refractivity contribution in [2.75, 3.05) is 0 Å². The maximum Gasteiger partial charge on any atom is 0.106 e. The first-order valence-electron chi connectivity index (χ1n) is 5.49. The largest absolute Gasteiger partial charge is 0.381 e. The van der Waals surface area contributed by atoms with Gasteiger partial charge in [-0.3, -0.25) is 0 Å². The third-order valence-electron chi connectivity index (χ3n) is 3.51. The van der Waals surface area contributed by atoms with Gasteiger partial charge in [0.05, 0.1) is 0 Å². The second-order valence-electron chi connectivity index (χ2n) is 4.61. The van der Waals surface area contributed by atoms with Gasteiger partial charge < -0.3 is 5.11 Å². The average molecular weight is 330 g/mol. The van der Waals surface area contributed by atoms with Gasteiger partial charge in [-0.15, -0.1) is 12.4 Å². The van der Waals surface area contributed by atoms with Crippen LogP contribution in [-0.4, -0.2) is 10.7 Å². The molecule has 0 aliphatic heterocycles. The van der Waals surface area contributed by atoms with Crippen molar-refractivity contribution in [1.82, 2.24) is 0 Å². The van der Waals surface area contributed by atoms with Gasteiger partial charge >= 0.3 is 0 Å². The molecule has 0 aromatic rings. The van der Waals surface area contributed by atoms with Crippen molar-refractivity contribution in [3.8, 4) is 0 Å². The van der Waals surface area contributed by atoms with Gasteiger partial charge in [0.2, 0.25) is 0 Å². The Morgan fingerprint density at radius 3 is 1.59 bits per heavy atom. The van der Waals surface area contributed by atoms with E-state index in [0.29, 0.717) is 0 Å². The monoisotopic (exact) mass is 328 g/mol. The fraction of sp³-hybridized carbons (Fsp3) is 0.429. The molecule has 0 amide bonds. The zero-order chi connectivity index (χ0) is 11.1. The molecule has 2 aliphatic carbocycles. The first-order chi connectivity index (χ1) is 7.03. The van der Waals surface area contributed by atoms with Gasteiger partial charge in [0.1, 0.15) is 5.60 Å². The third kappa shape index (κ3) is 3.10. The van der Waals surface area contributed by atoms with E-state index in [0.717, 1.165) is 24.0 Å². The van der Waals surface area contributed by atoms with Crippen LogP contribution >= 0.6 is 12.4 Å². The topological polar surface area (TPSA) is 20.2 Å². The van der Waals surface area contributed by atoms with Gasteiger partial charge in [0, 0.05) is 26.2 Å². The number of allylic oxidation sites excluding steroid dienone is 6. The minimum Gasteiger partial charge on any atom is -0.381 e. The van der Waals surface area contributed by atoms with Crippen LogP contribution in [0.4, 0.5) is 0 Å². The molecule has 0 atom stereocenters. The summed E-state index contributed by atoms with van der Waals surface area (Å²) < 4.78 is 0. The number of hydrogen-bond donors (Lipinski definition) is 1. The maximum absolute atomic E-state index is 10.7. The first-order valence-corrected chi connectivity index (χ1v) is 5.49. The van der Waals surface area contributed by atoms with Crippen LogP contribution in [-0.2, 0) is 26.2 Å². The van der Waals surface area contributed by atoms with Gasteiger partial charge in [-0.25, -0.2) is 0 Å². The Bertz CT molecular complexity index is 376. The molecule has 0 saturated carbocycles. The minimum atomic E-state index is -0.763. The second kappa shape index (κ2) is 6.32. The summed E-state index contributed by atoms with van der Waals surface area (Å²) in [7, 11) is 0. The molecule has 0 unspecified atom stereocenters. The Labute approximate surface area is 129 Å². The van der Waals surface area contributed by atoms with Crippen LogP contribution in [0.15, 0.2) is 46.6 Å². The number of hydrogen-bond acceptors (Lipinski definition) is 1. The van der Waals surface area contributed by atoms with E-state index in [-0.39, 0.29) is 38.6 Å². The van der Waals surface area contributed by atoms with Gasteiger partial charge in [0.15, 0.2) is 0 Å². The Morgan fingerprint density at radius 1 is 1.00 bits per heavy atom. The molecular weight excluding hydrogens is 311 g/mol. The Hall–Kier alpha value is 0.0931. The van der Waals surface area contributed by atoms with Crippen LogP contribution in [0.5, 0.6) is 0 Å². The molecule has 0 aromatic heterocycles. The van der Waals surface area contributed by atoms with E-state index < -0.39 is 5.60 Å². The molecule has 0 heterocycles. The summed E-state index contributed by atoms with van der Waals surface area (Å²) in [5.41, 5.74) is 3.97. The third-order valence-corrected chi connectivity index (χ3v) is 3.51. The van der Waals surface area contributed by atoms with Gasteiger partial charge in [0.25, 0.3) is 0 Å².